The van der Waals surface area contributed by atoms with Crippen molar-refractivity contribution in [2.24, 2.45) is 0 Å². The van der Waals surface area contributed by atoms with Crippen molar-refractivity contribution >= 4 is 5.97 Å². The molecule has 0 saturated heterocycles. The van der Waals surface area contributed by atoms with Crippen LogP contribution in [0.3, 0.4) is 0 Å². The molecule has 1 aromatic carbocycles. The molecule has 0 spiro atoms. The van der Waals surface area contributed by atoms with Crippen LogP contribution in [0.2, 0.25) is 0 Å². The molecule has 0 aliphatic rings. The minimum absolute atomic E-state index is 0. The van der Waals surface area contributed by atoms with Crippen molar-refractivity contribution in [3.63, 3.8) is 0 Å². The van der Waals surface area contributed by atoms with Gasteiger partial charge in [-0.3, -0.25) is 0 Å². The molecule has 2 nitrogen and oxygen atoms in total. The molecule has 0 fully saturated rings. The average Bonchev–Trinajstić information content (AvgIpc) is 1.90. The van der Waals surface area contributed by atoms with E-state index in [1.807, 2.05) is 0 Å². The summed E-state index contributed by atoms with van der Waals surface area (Å²) in [7, 11) is 0. The molecular weight excluding hydrogens is 302 g/mol. The molecule has 0 aromatic heterocycles. The van der Waals surface area contributed by atoms with Crippen LogP contribution < -0.4 is 0 Å². The molecule has 0 atom stereocenters. The number of benzene rings is 1. The fraction of sp³-hybridized carbons (Fsp3) is 0. The second kappa shape index (κ2) is 4.21. The van der Waals surface area contributed by atoms with E-state index in [4.69, 9.17) is 5.11 Å². The second-order valence-electron chi connectivity index (χ2n) is 1.67. The summed E-state index contributed by atoms with van der Waals surface area (Å²) in [6.07, 6.45) is 0. The van der Waals surface area contributed by atoms with Gasteiger partial charge in [-0.05, 0) is 12.1 Å². The van der Waals surface area contributed by atoms with E-state index in [9.17, 15) is 4.79 Å². The van der Waals surface area contributed by atoms with Gasteiger partial charge in [0.1, 0.15) is 0 Å². The first-order valence-electron chi connectivity index (χ1n) is 2.59. The van der Waals surface area contributed by atoms with Crippen LogP contribution in [0.15, 0.2) is 30.3 Å². The van der Waals surface area contributed by atoms with Gasteiger partial charge in [0.25, 0.3) is 0 Å². The number of hydrogen-bond donors (Lipinski definition) is 1. The monoisotopic (exact) mass is 309 g/mol. The summed E-state index contributed by atoms with van der Waals surface area (Å²) in [4.78, 5) is 10.2. The van der Waals surface area contributed by atoms with Gasteiger partial charge < -0.3 is 5.11 Å². The molecule has 0 unspecified atom stereocenters. The van der Waals surface area contributed by atoms with E-state index in [0.29, 0.717) is 5.56 Å². The van der Waals surface area contributed by atoms with E-state index in [1.165, 1.54) is 0 Å². The molecule has 53 valence electrons. The van der Waals surface area contributed by atoms with Crippen LogP contribution in [-0.2, 0) is 20.4 Å². The molecule has 0 saturated carbocycles. The third-order valence-corrected chi connectivity index (χ3v) is 1.02. The molecule has 1 N–H and O–H groups in total. The summed E-state index contributed by atoms with van der Waals surface area (Å²) in [5.74, 6) is -0.879. The summed E-state index contributed by atoms with van der Waals surface area (Å²) >= 11 is 0. The Bertz CT molecular complexity index is 208. The van der Waals surface area contributed by atoms with Crippen molar-refractivity contribution < 1.29 is 30.3 Å². The fourth-order valence-corrected chi connectivity index (χ4v) is 0.581. The number of rotatable bonds is 1. The Hall–Kier alpha value is -0.648. The Labute approximate surface area is 72.5 Å². The summed E-state index contributed by atoms with van der Waals surface area (Å²) in [5.41, 5.74) is 0.331. The van der Waals surface area contributed by atoms with E-state index in [2.05, 4.69) is 0 Å². The Morgan fingerprint density at radius 1 is 1.20 bits per heavy atom. The van der Waals surface area contributed by atoms with E-state index < -0.39 is 5.97 Å². The van der Waals surface area contributed by atoms with Crippen LogP contribution >= 0.6 is 0 Å². The van der Waals surface area contributed by atoms with Crippen LogP contribution in [0.4, 0.5) is 0 Å². The maximum atomic E-state index is 10.2. The summed E-state index contributed by atoms with van der Waals surface area (Å²) in [6, 6.07) is 8.30. The van der Waals surface area contributed by atoms with Crippen LogP contribution in [-0.4, -0.2) is 11.1 Å². The van der Waals surface area contributed by atoms with Crippen molar-refractivity contribution in [1.82, 2.24) is 0 Å². The van der Waals surface area contributed by atoms with Crippen LogP contribution in [0.1, 0.15) is 10.4 Å². The van der Waals surface area contributed by atoms with Gasteiger partial charge >= 0.3 is 5.97 Å². The number of aromatic carboxylic acids is 1. The molecule has 3 heteroatoms. The molecule has 0 bridgehead atoms. The molecule has 0 aliphatic carbocycles. The van der Waals surface area contributed by atoms with Gasteiger partial charge in [0.15, 0.2) is 0 Å². The van der Waals surface area contributed by atoms with Gasteiger partial charge in [-0.2, -0.15) is 0 Å². The van der Waals surface area contributed by atoms with Gasteiger partial charge in [-0.25, -0.2) is 4.79 Å². The zero-order chi connectivity index (χ0) is 6.69. The molecule has 1 radical (unpaired) electrons. The number of carboxylic acid groups (broad SMARTS) is 1. The maximum absolute atomic E-state index is 10.2. The van der Waals surface area contributed by atoms with Crippen LogP contribution in [0.5, 0.6) is 0 Å². The Kier molecular flexibility index (Phi) is 3.94. The van der Waals surface area contributed by atoms with Gasteiger partial charge in [0, 0.05) is 20.4 Å². The zero-order valence-corrected chi connectivity index (χ0v) is 7.84. The van der Waals surface area contributed by atoms with Crippen LogP contribution in [0, 0.1) is 0 Å². The molecule has 1 aromatic rings. The standard InChI is InChI=1S/C7H6O2.Re/c8-7(9)6-4-2-1-3-5-6;/h1-5H,(H,8,9);. The zero-order valence-electron chi connectivity index (χ0n) is 5.12. The fourth-order valence-electron chi connectivity index (χ4n) is 0.581. The molecule has 10 heavy (non-hydrogen) atoms. The normalized spacial score (nSPS) is 8.00. The number of hydrogen-bond acceptors (Lipinski definition) is 1. The third-order valence-electron chi connectivity index (χ3n) is 1.02. The van der Waals surface area contributed by atoms with Crippen molar-refractivity contribution in [3.8, 4) is 0 Å². The Morgan fingerprint density at radius 2 is 1.70 bits per heavy atom. The minimum Gasteiger partial charge on any atom is -0.478 e. The van der Waals surface area contributed by atoms with Crippen molar-refractivity contribution in [2.45, 2.75) is 0 Å². The molecule has 1 rings (SSSR count). The van der Waals surface area contributed by atoms with E-state index in [0.717, 1.165) is 0 Å². The van der Waals surface area contributed by atoms with Gasteiger partial charge in [-0.15, -0.1) is 0 Å². The predicted octanol–water partition coefficient (Wildman–Crippen LogP) is 1.38. The quantitative estimate of drug-likeness (QED) is 0.851. The first kappa shape index (κ1) is 9.35. The van der Waals surface area contributed by atoms with Gasteiger partial charge in [0.2, 0.25) is 0 Å². The van der Waals surface area contributed by atoms with E-state index in [-0.39, 0.29) is 20.4 Å². The number of carboxylic acids is 1. The second-order valence-corrected chi connectivity index (χ2v) is 1.67. The molecular formula is C7H6O2Re. The third kappa shape index (κ3) is 2.30. The maximum Gasteiger partial charge on any atom is 0.335 e. The first-order valence-corrected chi connectivity index (χ1v) is 2.59. The predicted molar refractivity (Wildman–Crippen MR) is 33.4 cm³/mol. The van der Waals surface area contributed by atoms with Crippen molar-refractivity contribution in [3.05, 3.63) is 35.9 Å². The smallest absolute Gasteiger partial charge is 0.335 e. The van der Waals surface area contributed by atoms with Gasteiger partial charge in [0.05, 0.1) is 5.56 Å². The number of carbonyl (C=O) groups is 1. The van der Waals surface area contributed by atoms with Crippen molar-refractivity contribution in [1.29, 1.82) is 0 Å². The Balaban J connectivity index is 0.000000810. The van der Waals surface area contributed by atoms with E-state index >= 15 is 0 Å². The van der Waals surface area contributed by atoms with Crippen LogP contribution in [0.25, 0.3) is 0 Å². The van der Waals surface area contributed by atoms with E-state index in [1.54, 1.807) is 30.3 Å². The molecule has 0 aliphatic heterocycles. The van der Waals surface area contributed by atoms with Gasteiger partial charge in [-0.1, -0.05) is 18.2 Å². The molecule has 0 amide bonds. The summed E-state index contributed by atoms with van der Waals surface area (Å²) < 4.78 is 0. The van der Waals surface area contributed by atoms with Crippen molar-refractivity contribution in [2.75, 3.05) is 0 Å². The average molecular weight is 308 g/mol. The molecule has 0 heterocycles. The summed E-state index contributed by atoms with van der Waals surface area (Å²) in [5, 5.41) is 8.38. The summed E-state index contributed by atoms with van der Waals surface area (Å²) in [6.45, 7) is 0. The largest absolute Gasteiger partial charge is 0.478 e. The SMILES string of the molecule is O=C(O)c1ccccc1.[Re]. The minimum atomic E-state index is -0.879. The topological polar surface area (TPSA) is 37.3 Å². The first-order chi connectivity index (χ1) is 4.30. The Morgan fingerprint density at radius 3 is 2.00 bits per heavy atom.